The number of aryl methyl sites for hydroxylation is 1. The zero-order valence-corrected chi connectivity index (χ0v) is 12.9. The molecule has 0 unspecified atom stereocenters. The molecule has 0 aromatic carbocycles. The van der Waals surface area contributed by atoms with Crippen molar-refractivity contribution in [1.82, 2.24) is 9.47 Å². The summed E-state index contributed by atoms with van der Waals surface area (Å²) >= 11 is 0. The van der Waals surface area contributed by atoms with Crippen LogP contribution in [0.3, 0.4) is 0 Å². The van der Waals surface area contributed by atoms with Crippen LogP contribution in [0.15, 0.2) is 23.1 Å². The minimum Gasteiger partial charge on any atom is -0.336 e. The van der Waals surface area contributed by atoms with Crippen molar-refractivity contribution in [1.29, 1.82) is 0 Å². The minimum atomic E-state index is -0.150. The number of nitrogens with two attached hydrogens (primary N) is 1. The van der Waals surface area contributed by atoms with E-state index in [2.05, 4.69) is 6.92 Å². The second kappa shape index (κ2) is 6.89. The number of carbonyl (C=O) groups is 1. The number of pyridine rings is 1. The van der Waals surface area contributed by atoms with E-state index in [0.29, 0.717) is 5.56 Å². The van der Waals surface area contributed by atoms with Crippen LogP contribution < -0.4 is 11.3 Å². The van der Waals surface area contributed by atoms with E-state index >= 15 is 0 Å². The monoisotopic (exact) mass is 291 g/mol. The van der Waals surface area contributed by atoms with Gasteiger partial charge in [-0.05, 0) is 38.2 Å². The van der Waals surface area contributed by atoms with Gasteiger partial charge in [-0.15, -0.1) is 0 Å². The smallest absolute Gasteiger partial charge is 0.254 e. The van der Waals surface area contributed by atoms with Crippen LogP contribution in [0, 0.1) is 0 Å². The van der Waals surface area contributed by atoms with Crippen LogP contribution in [0.5, 0.6) is 0 Å². The first-order valence-corrected chi connectivity index (χ1v) is 7.76. The number of carbonyl (C=O) groups excluding carboxylic acids is 1. The zero-order chi connectivity index (χ0) is 15.4. The Balaban J connectivity index is 2.18. The van der Waals surface area contributed by atoms with Crippen molar-refractivity contribution in [3.05, 3.63) is 34.2 Å². The van der Waals surface area contributed by atoms with Gasteiger partial charge in [-0.2, -0.15) is 0 Å². The summed E-state index contributed by atoms with van der Waals surface area (Å²) in [5, 5.41) is 0. The molecule has 21 heavy (non-hydrogen) atoms. The third-order valence-corrected chi connectivity index (χ3v) is 4.26. The summed E-state index contributed by atoms with van der Waals surface area (Å²) in [6.07, 6.45) is 6.41. The van der Waals surface area contributed by atoms with E-state index in [0.717, 1.165) is 38.6 Å². The minimum absolute atomic E-state index is 0.0324. The molecule has 5 heteroatoms. The Labute approximate surface area is 125 Å². The Morgan fingerprint density at radius 2 is 2.05 bits per heavy atom. The molecular weight excluding hydrogens is 266 g/mol. The van der Waals surface area contributed by atoms with Crippen LogP contribution in [-0.2, 0) is 7.05 Å². The Morgan fingerprint density at radius 3 is 2.62 bits per heavy atom. The summed E-state index contributed by atoms with van der Waals surface area (Å²) in [6, 6.07) is 3.67. The van der Waals surface area contributed by atoms with Gasteiger partial charge in [-0.3, -0.25) is 9.59 Å². The molecule has 1 aliphatic rings. The van der Waals surface area contributed by atoms with E-state index in [1.807, 2.05) is 4.90 Å². The molecule has 1 fully saturated rings. The Morgan fingerprint density at radius 1 is 1.38 bits per heavy atom. The molecule has 0 radical (unpaired) electrons. The second-order valence-corrected chi connectivity index (χ2v) is 5.93. The molecule has 1 aliphatic carbocycles. The van der Waals surface area contributed by atoms with Gasteiger partial charge in [0.25, 0.3) is 11.5 Å². The quantitative estimate of drug-likeness (QED) is 0.914. The fourth-order valence-electron chi connectivity index (χ4n) is 2.95. The van der Waals surface area contributed by atoms with E-state index in [1.165, 1.54) is 10.6 Å². The van der Waals surface area contributed by atoms with Gasteiger partial charge in [0.2, 0.25) is 0 Å². The van der Waals surface area contributed by atoms with Crippen LogP contribution >= 0.6 is 0 Å². The molecule has 1 saturated carbocycles. The number of hydrogen-bond donors (Lipinski definition) is 1. The zero-order valence-electron chi connectivity index (χ0n) is 12.9. The second-order valence-electron chi connectivity index (χ2n) is 5.93. The first-order chi connectivity index (χ1) is 10.0. The van der Waals surface area contributed by atoms with Crippen molar-refractivity contribution in [3.63, 3.8) is 0 Å². The van der Waals surface area contributed by atoms with Crippen molar-refractivity contribution < 1.29 is 4.79 Å². The van der Waals surface area contributed by atoms with Gasteiger partial charge >= 0.3 is 0 Å². The number of nitrogens with zero attached hydrogens (tertiary/aromatic N) is 2. The Kier molecular flexibility index (Phi) is 5.17. The summed E-state index contributed by atoms with van der Waals surface area (Å²) in [5.41, 5.74) is 6.28. The lowest BCUT2D eigenvalue weighted by Gasteiger charge is -2.36. The summed E-state index contributed by atoms with van der Waals surface area (Å²) in [5.74, 6) is -0.0324. The third kappa shape index (κ3) is 3.73. The molecule has 1 heterocycles. The molecular formula is C16H25N3O2. The molecule has 0 spiro atoms. The lowest BCUT2D eigenvalue weighted by molar-refractivity contribution is 0.0626. The maximum absolute atomic E-state index is 12.7. The predicted molar refractivity (Wildman–Crippen MR) is 83.2 cm³/mol. The molecule has 0 aliphatic heterocycles. The highest BCUT2D eigenvalue weighted by atomic mass is 16.2. The fourth-order valence-corrected chi connectivity index (χ4v) is 2.95. The Bertz CT molecular complexity index is 545. The third-order valence-electron chi connectivity index (χ3n) is 4.26. The van der Waals surface area contributed by atoms with Gasteiger partial charge in [0.1, 0.15) is 0 Å². The van der Waals surface area contributed by atoms with Crippen LogP contribution in [0.2, 0.25) is 0 Å². The molecule has 2 rings (SSSR count). The number of hydrogen-bond acceptors (Lipinski definition) is 3. The molecule has 0 bridgehead atoms. The summed E-state index contributed by atoms with van der Waals surface area (Å²) in [4.78, 5) is 26.4. The predicted octanol–water partition coefficient (Wildman–Crippen LogP) is 1.51. The summed E-state index contributed by atoms with van der Waals surface area (Å²) < 4.78 is 1.47. The van der Waals surface area contributed by atoms with Crippen molar-refractivity contribution >= 4 is 5.91 Å². The maximum atomic E-state index is 12.7. The molecule has 0 saturated heterocycles. The molecule has 2 N–H and O–H groups in total. The standard InChI is InChI=1S/C16H25N3O2/c1-3-9-19(14-6-4-13(17)5-7-14)16(21)12-8-10-18(2)15(20)11-12/h8,10-11,13-14H,3-7,9,17H2,1-2H3. The highest BCUT2D eigenvalue weighted by molar-refractivity contribution is 5.94. The van der Waals surface area contributed by atoms with Crippen LogP contribution in [0.4, 0.5) is 0 Å². The highest BCUT2D eigenvalue weighted by Gasteiger charge is 2.27. The summed E-state index contributed by atoms with van der Waals surface area (Å²) in [7, 11) is 1.68. The van der Waals surface area contributed by atoms with Crippen LogP contribution in [0.1, 0.15) is 49.4 Å². The van der Waals surface area contributed by atoms with E-state index < -0.39 is 0 Å². The van der Waals surface area contributed by atoms with Gasteiger partial charge in [-0.25, -0.2) is 0 Å². The summed E-state index contributed by atoms with van der Waals surface area (Å²) in [6.45, 7) is 2.80. The van der Waals surface area contributed by atoms with E-state index in [9.17, 15) is 9.59 Å². The largest absolute Gasteiger partial charge is 0.336 e. The van der Waals surface area contributed by atoms with Crippen molar-refractivity contribution in [2.75, 3.05) is 6.54 Å². The average Bonchev–Trinajstić information content (AvgIpc) is 2.48. The van der Waals surface area contributed by atoms with Gasteiger partial charge < -0.3 is 15.2 Å². The molecule has 1 aromatic rings. The van der Waals surface area contributed by atoms with Crippen molar-refractivity contribution in [2.45, 2.75) is 51.1 Å². The molecule has 1 amide bonds. The van der Waals surface area contributed by atoms with E-state index in [-0.39, 0.29) is 23.6 Å². The fraction of sp³-hybridized carbons (Fsp3) is 0.625. The van der Waals surface area contributed by atoms with E-state index in [4.69, 9.17) is 5.73 Å². The van der Waals surface area contributed by atoms with Gasteiger partial charge in [-0.1, -0.05) is 6.92 Å². The van der Waals surface area contributed by atoms with Gasteiger partial charge in [0.15, 0.2) is 0 Å². The van der Waals surface area contributed by atoms with Crippen molar-refractivity contribution in [2.24, 2.45) is 12.8 Å². The first-order valence-electron chi connectivity index (χ1n) is 7.76. The van der Waals surface area contributed by atoms with Crippen LogP contribution in [-0.4, -0.2) is 34.0 Å². The van der Waals surface area contributed by atoms with Gasteiger partial charge in [0.05, 0.1) is 0 Å². The SMILES string of the molecule is CCCN(C(=O)c1ccn(C)c(=O)c1)C1CCC(N)CC1. The molecule has 5 nitrogen and oxygen atoms in total. The first kappa shape index (κ1) is 15.8. The van der Waals surface area contributed by atoms with E-state index in [1.54, 1.807) is 19.3 Å². The number of aromatic nitrogens is 1. The van der Waals surface area contributed by atoms with Crippen molar-refractivity contribution in [3.8, 4) is 0 Å². The van der Waals surface area contributed by atoms with Crippen LogP contribution in [0.25, 0.3) is 0 Å². The lowest BCUT2D eigenvalue weighted by Crippen LogP contribution is -2.44. The average molecular weight is 291 g/mol. The molecule has 0 atom stereocenters. The lowest BCUT2D eigenvalue weighted by atomic mass is 9.90. The number of amides is 1. The van der Waals surface area contributed by atoms with Gasteiger partial charge in [0, 0.05) is 43.5 Å². The highest BCUT2D eigenvalue weighted by Crippen LogP contribution is 2.23. The molecule has 1 aromatic heterocycles. The normalized spacial score (nSPS) is 22.0. The maximum Gasteiger partial charge on any atom is 0.254 e. The number of rotatable bonds is 4. The molecule has 116 valence electrons. The Hall–Kier alpha value is -1.62. The topological polar surface area (TPSA) is 68.3 Å².